The van der Waals surface area contributed by atoms with E-state index in [-0.39, 0.29) is 5.69 Å². The number of hydrogen-bond donors (Lipinski definition) is 2. The van der Waals surface area contributed by atoms with Gasteiger partial charge in [0.2, 0.25) is 0 Å². The van der Waals surface area contributed by atoms with E-state index >= 15 is 0 Å². The summed E-state index contributed by atoms with van der Waals surface area (Å²) in [6, 6.07) is 4.92. The van der Waals surface area contributed by atoms with Crippen LogP contribution in [0.15, 0.2) is 29.1 Å². The second-order valence-electron chi connectivity index (χ2n) is 3.35. The van der Waals surface area contributed by atoms with Crippen LogP contribution in [0.4, 0.5) is 5.69 Å². The van der Waals surface area contributed by atoms with Crippen molar-refractivity contribution in [1.29, 1.82) is 0 Å². The minimum atomic E-state index is -1.38. The molecule has 0 aliphatic heterocycles. The van der Waals surface area contributed by atoms with Gasteiger partial charge in [-0.15, -0.1) is 0 Å². The number of nitro benzene ring substituents is 1. The van der Waals surface area contributed by atoms with Gasteiger partial charge in [0.25, 0.3) is 11.2 Å². The predicted molar refractivity (Wildman–Crippen MR) is 58.2 cm³/mol. The number of pyridine rings is 1. The molecular formula is C10H6N2O5. The van der Waals surface area contributed by atoms with Crippen molar-refractivity contribution in [3.63, 3.8) is 0 Å². The Balaban J connectivity index is 2.77. The third kappa shape index (κ3) is 1.85. The molecular weight excluding hydrogens is 228 g/mol. The molecule has 2 N–H and O–H groups in total. The number of carbonyl (C=O) groups is 1. The Hall–Kier alpha value is -2.70. The van der Waals surface area contributed by atoms with Crippen molar-refractivity contribution in [1.82, 2.24) is 4.98 Å². The first-order valence-corrected chi connectivity index (χ1v) is 4.54. The molecule has 0 atom stereocenters. The zero-order chi connectivity index (χ0) is 12.6. The van der Waals surface area contributed by atoms with Gasteiger partial charge >= 0.3 is 5.97 Å². The Kier molecular flexibility index (Phi) is 2.36. The van der Waals surface area contributed by atoms with Crippen LogP contribution in [-0.4, -0.2) is 21.0 Å². The number of rotatable bonds is 2. The van der Waals surface area contributed by atoms with Gasteiger partial charge in [-0.2, -0.15) is 0 Å². The highest BCUT2D eigenvalue weighted by Gasteiger charge is 2.12. The van der Waals surface area contributed by atoms with Crippen LogP contribution in [0.25, 0.3) is 10.9 Å². The first-order valence-electron chi connectivity index (χ1n) is 4.54. The van der Waals surface area contributed by atoms with E-state index < -0.39 is 22.0 Å². The zero-order valence-electron chi connectivity index (χ0n) is 8.34. The summed E-state index contributed by atoms with van der Waals surface area (Å²) in [5.74, 6) is -1.38. The van der Waals surface area contributed by atoms with Crippen molar-refractivity contribution < 1.29 is 14.8 Å². The van der Waals surface area contributed by atoms with Crippen molar-refractivity contribution in [2.45, 2.75) is 0 Å². The van der Waals surface area contributed by atoms with E-state index in [1.54, 1.807) is 0 Å². The molecule has 0 aliphatic carbocycles. The molecule has 0 fully saturated rings. The zero-order valence-corrected chi connectivity index (χ0v) is 8.34. The smallest absolute Gasteiger partial charge is 0.341 e. The number of carboxylic acids is 1. The van der Waals surface area contributed by atoms with Gasteiger partial charge in [0.1, 0.15) is 5.56 Å². The Morgan fingerprint density at radius 3 is 2.65 bits per heavy atom. The Morgan fingerprint density at radius 2 is 2.06 bits per heavy atom. The third-order valence-electron chi connectivity index (χ3n) is 2.27. The number of aromatic nitrogens is 1. The van der Waals surface area contributed by atoms with Gasteiger partial charge < -0.3 is 10.1 Å². The largest absolute Gasteiger partial charge is 0.477 e. The summed E-state index contributed by atoms with van der Waals surface area (Å²) in [6.07, 6.45) is 0. The van der Waals surface area contributed by atoms with Gasteiger partial charge in [-0.25, -0.2) is 4.79 Å². The SMILES string of the molecule is O=C(O)c1cc2cc([N+](=O)[O-])ccc2[nH]c1=O. The molecule has 1 aromatic heterocycles. The summed E-state index contributed by atoms with van der Waals surface area (Å²) in [6.45, 7) is 0. The predicted octanol–water partition coefficient (Wildman–Crippen LogP) is 1.13. The van der Waals surface area contributed by atoms with Crippen molar-refractivity contribution in [3.05, 3.63) is 50.3 Å². The molecule has 1 aromatic carbocycles. The molecule has 17 heavy (non-hydrogen) atoms. The molecule has 0 unspecified atom stereocenters. The highest BCUT2D eigenvalue weighted by atomic mass is 16.6. The molecule has 86 valence electrons. The number of aromatic amines is 1. The minimum absolute atomic E-state index is 0.166. The summed E-state index contributed by atoms with van der Waals surface area (Å²) < 4.78 is 0. The van der Waals surface area contributed by atoms with E-state index in [0.717, 1.165) is 6.07 Å². The van der Waals surface area contributed by atoms with Crippen LogP contribution in [0.5, 0.6) is 0 Å². The number of aromatic carboxylic acids is 1. The lowest BCUT2D eigenvalue weighted by atomic mass is 10.1. The van der Waals surface area contributed by atoms with Gasteiger partial charge in [0.15, 0.2) is 0 Å². The maximum atomic E-state index is 11.3. The lowest BCUT2D eigenvalue weighted by molar-refractivity contribution is -0.384. The maximum absolute atomic E-state index is 11.3. The van der Waals surface area contributed by atoms with Crippen LogP contribution in [0.2, 0.25) is 0 Å². The molecule has 0 aliphatic rings. The standard InChI is InChI=1S/C10H6N2O5/c13-9-7(10(14)15)4-5-3-6(12(16)17)1-2-8(5)11-9/h1-4H,(H,11,13)(H,14,15). The van der Waals surface area contributed by atoms with E-state index in [0.29, 0.717) is 10.9 Å². The Bertz CT molecular complexity index is 689. The van der Waals surface area contributed by atoms with E-state index in [4.69, 9.17) is 5.11 Å². The van der Waals surface area contributed by atoms with Crippen LogP contribution in [0.3, 0.4) is 0 Å². The fourth-order valence-electron chi connectivity index (χ4n) is 1.47. The van der Waals surface area contributed by atoms with Crippen LogP contribution in [0.1, 0.15) is 10.4 Å². The summed E-state index contributed by atoms with van der Waals surface area (Å²) in [4.78, 5) is 34.4. The quantitative estimate of drug-likeness (QED) is 0.597. The molecule has 0 spiro atoms. The number of nitro groups is 1. The molecule has 7 heteroatoms. The minimum Gasteiger partial charge on any atom is -0.477 e. The molecule has 0 bridgehead atoms. The number of nitrogens with one attached hydrogen (secondary N) is 1. The highest BCUT2D eigenvalue weighted by Crippen LogP contribution is 2.18. The van der Waals surface area contributed by atoms with Crippen molar-refractivity contribution in [2.24, 2.45) is 0 Å². The van der Waals surface area contributed by atoms with Crippen LogP contribution in [0, 0.1) is 10.1 Å². The summed E-state index contributed by atoms with van der Waals surface area (Å²) >= 11 is 0. The van der Waals surface area contributed by atoms with Crippen molar-refractivity contribution in [3.8, 4) is 0 Å². The molecule has 1 heterocycles. The van der Waals surface area contributed by atoms with Gasteiger partial charge in [-0.3, -0.25) is 14.9 Å². The van der Waals surface area contributed by atoms with Crippen LogP contribution < -0.4 is 5.56 Å². The highest BCUT2D eigenvalue weighted by molar-refractivity contribution is 5.92. The second kappa shape index (κ2) is 3.71. The Morgan fingerprint density at radius 1 is 1.35 bits per heavy atom. The lowest BCUT2D eigenvalue weighted by Gasteiger charge is -1.99. The Labute approximate surface area is 93.5 Å². The molecule has 2 rings (SSSR count). The van der Waals surface area contributed by atoms with Crippen molar-refractivity contribution in [2.75, 3.05) is 0 Å². The number of fused-ring (bicyclic) bond motifs is 1. The molecule has 0 amide bonds. The molecule has 0 radical (unpaired) electrons. The van der Waals surface area contributed by atoms with Crippen molar-refractivity contribution >= 4 is 22.6 Å². The first kappa shape index (κ1) is 10.8. The van der Waals surface area contributed by atoms with Gasteiger partial charge in [-0.1, -0.05) is 0 Å². The van der Waals surface area contributed by atoms with E-state index in [2.05, 4.69) is 4.98 Å². The van der Waals surface area contributed by atoms with Crippen LogP contribution >= 0.6 is 0 Å². The number of carboxylic acid groups (broad SMARTS) is 1. The van der Waals surface area contributed by atoms with Gasteiger partial charge in [0, 0.05) is 23.0 Å². The van der Waals surface area contributed by atoms with E-state index in [1.807, 2.05) is 0 Å². The first-order chi connectivity index (χ1) is 7.99. The summed E-state index contributed by atoms with van der Waals surface area (Å²) in [7, 11) is 0. The monoisotopic (exact) mass is 234 g/mol. The summed E-state index contributed by atoms with van der Waals surface area (Å²) in [5, 5.41) is 19.6. The average Bonchev–Trinajstić information content (AvgIpc) is 2.27. The lowest BCUT2D eigenvalue weighted by Crippen LogP contribution is -2.16. The number of H-pyrrole nitrogens is 1. The fourth-order valence-corrected chi connectivity index (χ4v) is 1.47. The van der Waals surface area contributed by atoms with Gasteiger partial charge in [-0.05, 0) is 12.1 Å². The number of benzene rings is 1. The normalized spacial score (nSPS) is 10.4. The molecule has 0 saturated heterocycles. The van der Waals surface area contributed by atoms with Crippen LogP contribution in [-0.2, 0) is 0 Å². The number of non-ortho nitro benzene ring substituents is 1. The second-order valence-corrected chi connectivity index (χ2v) is 3.35. The topological polar surface area (TPSA) is 113 Å². The maximum Gasteiger partial charge on any atom is 0.341 e. The van der Waals surface area contributed by atoms with Gasteiger partial charge in [0.05, 0.1) is 4.92 Å². The number of hydrogen-bond acceptors (Lipinski definition) is 4. The number of nitrogens with zero attached hydrogens (tertiary/aromatic N) is 1. The molecule has 2 aromatic rings. The fraction of sp³-hybridized carbons (Fsp3) is 0. The van der Waals surface area contributed by atoms with E-state index in [9.17, 15) is 19.7 Å². The third-order valence-corrected chi connectivity index (χ3v) is 2.27. The average molecular weight is 234 g/mol. The van der Waals surface area contributed by atoms with E-state index in [1.165, 1.54) is 18.2 Å². The molecule has 0 saturated carbocycles. The summed E-state index contributed by atoms with van der Waals surface area (Å²) in [5.41, 5.74) is -0.997. The molecule has 7 nitrogen and oxygen atoms in total.